The molecule has 1 atom stereocenters. The van der Waals surface area contributed by atoms with E-state index in [2.05, 4.69) is 21.2 Å². The summed E-state index contributed by atoms with van der Waals surface area (Å²) in [4.78, 5) is 31.8. The van der Waals surface area contributed by atoms with Crippen LogP contribution in [0.2, 0.25) is 5.02 Å². The molecule has 2 aliphatic rings. The van der Waals surface area contributed by atoms with E-state index in [0.717, 1.165) is 54.7 Å². The minimum atomic E-state index is -0.454. The van der Waals surface area contributed by atoms with Crippen LogP contribution in [-0.4, -0.2) is 62.0 Å². The number of carbonyl (C=O) groups excluding carboxylic acids is 2. The average Bonchev–Trinajstić information content (AvgIpc) is 3.19. The van der Waals surface area contributed by atoms with Crippen molar-refractivity contribution in [3.05, 3.63) is 59.1 Å². The van der Waals surface area contributed by atoms with E-state index in [4.69, 9.17) is 11.6 Å². The van der Waals surface area contributed by atoms with E-state index >= 15 is 0 Å². The van der Waals surface area contributed by atoms with Crippen LogP contribution in [-0.2, 0) is 16.0 Å². The van der Waals surface area contributed by atoms with Gasteiger partial charge in [-0.25, -0.2) is 0 Å². The van der Waals surface area contributed by atoms with E-state index in [1.54, 1.807) is 4.90 Å². The van der Waals surface area contributed by atoms with Crippen molar-refractivity contribution in [2.24, 2.45) is 0 Å². The van der Waals surface area contributed by atoms with Crippen LogP contribution >= 0.6 is 11.6 Å². The Kier molecular flexibility index (Phi) is 6.78. The number of nitrogens with one attached hydrogen (secondary N) is 1. The Morgan fingerprint density at radius 2 is 1.84 bits per heavy atom. The molecule has 6 nitrogen and oxygen atoms in total. The second-order valence-corrected chi connectivity index (χ2v) is 8.50. The van der Waals surface area contributed by atoms with Crippen LogP contribution < -0.4 is 15.1 Å². The number of fused-ring (bicyclic) bond motifs is 1. The summed E-state index contributed by atoms with van der Waals surface area (Å²) in [7, 11) is 0. The van der Waals surface area contributed by atoms with Gasteiger partial charge in [0.25, 0.3) is 0 Å². The topological polar surface area (TPSA) is 55.9 Å². The molecule has 1 saturated heterocycles. The molecule has 0 aliphatic carbocycles. The number of amides is 2. The molecule has 0 radical (unpaired) electrons. The van der Waals surface area contributed by atoms with Crippen LogP contribution in [0.5, 0.6) is 0 Å². The number of piperazine rings is 1. The van der Waals surface area contributed by atoms with Crippen LogP contribution in [0.25, 0.3) is 0 Å². The number of hydrogen-bond acceptors (Lipinski definition) is 4. The van der Waals surface area contributed by atoms with Gasteiger partial charge < -0.3 is 10.2 Å². The maximum atomic E-state index is 12.9. The Morgan fingerprint density at radius 1 is 1.06 bits per heavy atom. The van der Waals surface area contributed by atoms with Crippen molar-refractivity contribution in [2.75, 3.05) is 49.1 Å². The molecule has 0 spiro atoms. The number of rotatable bonds is 6. The zero-order chi connectivity index (χ0) is 21.8. The SMILES string of the molecule is CCC(=O)N1c2ccccc2C[C@H]1C(=O)NCCN1CCN(c2cccc(Cl)c2)CC1. The third kappa shape index (κ3) is 4.86. The lowest BCUT2D eigenvalue weighted by Crippen LogP contribution is -2.51. The number of anilines is 2. The predicted octanol–water partition coefficient (Wildman–Crippen LogP) is 2.95. The molecule has 4 rings (SSSR count). The van der Waals surface area contributed by atoms with Gasteiger partial charge in [0.05, 0.1) is 0 Å². The average molecular weight is 441 g/mol. The van der Waals surface area contributed by atoms with Gasteiger partial charge in [0, 0.05) is 68.5 Å². The quantitative estimate of drug-likeness (QED) is 0.750. The molecule has 31 heavy (non-hydrogen) atoms. The minimum Gasteiger partial charge on any atom is -0.369 e. The van der Waals surface area contributed by atoms with E-state index in [9.17, 15) is 9.59 Å². The maximum Gasteiger partial charge on any atom is 0.243 e. The Labute approximate surface area is 188 Å². The third-order valence-electron chi connectivity index (χ3n) is 6.12. The minimum absolute atomic E-state index is 0.0118. The number of para-hydroxylation sites is 1. The first-order chi connectivity index (χ1) is 15.1. The van der Waals surface area contributed by atoms with E-state index in [1.165, 1.54) is 0 Å². The zero-order valence-electron chi connectivity index (χ0n) is 17.9. The third-order valence-corrected chi connectivity index (χ3v) is 6.36. The molecule has 2 aliphatic heterocycles. The standard InChI is InChI=1S/C24H29ClN4O2/c1-2-23(30)29-21-9-4-3-6-18(21)16-22(29)24(31)26-10-11-27-12-14-28(15-13-27)20-8-5-7-19(25)17-20/h3-9,17,22H,2,10-16H2,1H3,(H,26,31)/t22-/m0/s1. The lowest BCUT2D eigenvalue weighted by Gasteiger charge is -2.36. The molecule has 2 aromatic rings. The second-order valence-electron chi connectivity index (χ2n) is 8.07. The van der Waals surface area contributed by atoms with Crippen LogP contribution in [0.3, 0.4) is 0 Å². The highest BCUT2D eigenvalue weighted by atomic mass is 35.5. The van der Waals surface area contributed by atoms with Crippen LogP contribution in [0, 0.1) is 0 Å². The lowest BCUT2D eigenvalue weighted by atomic mass is 10.1. The first-order valence-corrected chi connectivity index (χ1v) is 11.3. The van der Waals surface area contributed by atoms with Crippen LogP contribution in [0.15, 0.2) is 48.5 Å². The lowest BCUT2D eigenvalue weighted by molar-refractivity contribution is -0.126. The van der Waals surface area contributed by atoms with Crippen molar-refractivity contribution in [1.29, 1.82) is 0 Å². The normalized spacial score (nSPS) is 18.7. The van der Waals surface area contributed by atoms with E-state index in [-0.39, 0.29) is 11.8 Å². The maximum absolute atomic E-state index is 12.9. The molecule has 164 valence electrons. The fourth-order valence-electron chi connectivity index (χ4n) is 4.43. The van der Waals surface area contributed by atoms with Crippen molar-refractivity contribution in [3.63, 3.8) is 0 Å². The van der Waals surface area contributed by atoms with Crippen molar-refractivity contribution < 1.29 is 9.59 Å². The summed E-state index contributed by atoms with van der Waals surface area (Å²) in [5.74, 6) is -0.0854. The molecule has 2 heterocycles. The molecule has 0 saturated carbocycles. The van der Waals surface area contributed by atoms with Gasteiger partial charge >= 0.3 is 0 Å². The highest BCUT2D eigenvalue weighted by Gasteiger charge is 2.37. The highest BCUT2D eigenvalue weighted by Crippen LogP contribution is 2.32. The summed E-state index contributed by atoms with van der Waals surface area (Å²) in [6, 6.07) is 15.3. The van der Waals surface area contributed by atoms with Gasteiger partial charge in [-0.1, -0.05) is 42.8 Å². The van der Waals surface area contributed by atoms with Gasteiger partial charge in [0.15, 0.2) is 0 Å². The summed E-state index contributed by atoms with van der Waals surface area (Å²) >= 11 is 6.11. The summed E-state index contributed by atoms with van der Waals surface area (Å²) in [6.07, 6.45) is 0.959. The van der Waals surface area contributed by atoms with Gasteiger partial charge in [0.1, 0.15) is 6.04 Å². The number of hydrogen-bond donors (Lipinski definition) is 1. The fourth-order valence-corrected chi connectivity index (χ4v) is 4.62. The van der Waals surface area contributed by atoms with E-state index in [0.29, 0.717) is 19.4 Å². The molecule has 2 aromatic carbocycles. The highest BCUT2D eigenvalue weighted by molar-refractivity contribution is 6.30. The van der Waals surface area contributed by atoms with Gasteiger partial charge in [-0.05, 0) is 29.8 Å². The second kappa shape index (κ2) is 9.71. The number of nitrogens with zero attached hydrogens (tertiary/aromatic N) is 3. The Morgan fingerprint density at radius 3 is 2.58 bits per heavy atom. The monoisotopic (exact) mass is 440 g/mol. The molecule has 1 fully saturated rings. The molecular weight excluding hydrogens is 412 g/mol. The van der Waals surface area contributed by atoms with Crippen molar-refractivity contribution in [2.45, 2.75) is 25.8 Å². The largest absolute Gasteiger partial charge is 0.369 e. The van der Waals surface area contributed by atoms with Gasteiger partial charge in [-0.2, -0.15) is 0 Å². The number of carbonyl (C=O) groups is 2. The zero-order valence-corrected chi connectivity index (χ0v) is 18.6. The number of benzene rings is 2. The summed E-state index contributed by atoms with van der Waals surface area (Å²) < 4.78 is 0. The summed E-state index contributed by atoms with van der Waals surface area (Å²) in [5.41, 5.74) is 3.08. The predicted molar refractivity (Wildman–Crippen MR) is 125 cm³/mol. The van der Waals surface area contributed by atoms with Crippen molar-refractivity contribution in [1.82, 2.24) is 10.2 Å². The Balaban J connectivity index is 1.27. The van der Waals surface area contributed by atoms with Crippen molar-refractivity contribution in [3.8, 4) is 0 Å². The van der Waals surface area contributed by atoms with Crippen LogP contribution in [0.4, 0.5) is 11.4 Å². The molecular formula is C24H29ClN4O2. The molecule has 1 N–H and O–H groups in total. The molecule has 7 heteroatoms. The summed E-state index contributed by atoms with van der Waals surface area (Å²) in [5, 5.41) is 3.82. The van der Waals surface area contributed by atoms with Crippen molar-refractivity contribution >= 4 is 34.8 Å². The molecule has 0 unspecified atom stereocenters. The van der Waals surface area contributed by atoms with Crippen LogP contribution in [0.1, 0.15) is 18.9 Å². The molecule has 2 amide bonds. The van der Waals surface area contributed by atoms with Gasteiger partial charge in [-0.15, -0.1) is 0 Å². The smallest absolute Gasteiger partial charge is 0.243 e. The molecule has 0 aromatic heterocycles. The summed E-state index contributed by atoms with van der Waals surface area (Å²) in [6.45, 7) is 6.97. The van der Waals surface area contributed by atoms with E-state index in [1.807, 2.05) is 49.4 Å². The Bertz CT molecular complexity index is 943. The Hall–Kier alpha value is -2.57. The van der Waals surface area contributed by atoms with E-state index < -0.39 is 6.04 Å². The first kappa shape index (κ1) is 21.7. The first-order valence-electron chi connectivity index (χ1n) is 11.0. The number of halogens is 1. The van der Waals surface area contributed by atoms with Gasteiger partial charge in [0.2, 0.25) is 11.8 Å². The van der Waals surface area contributed by atoms with Gasteiger partial charge in [-0.3, -0.25) is 19.4 Å². The molecule has 0 bridgehead atoms. The fraction of sp³-hybridized carbons (Fsp3) is 0.417.